The number of furan rings is 1. The summed E-state index contributed by atoms with van der Waals surface area (Å²) in [6, 6.07) is 73.0. The molecule has 0 radical (unpaired) electrons. The molecule has 13 rings (SSSR count). The van der Waals surface area contributed by atoms with Gasteiger partial charge in [0, 0.05) is 49.3 Å². The van der Waals surface area contributed by atoms with E-state index >= 15 is 0 Å². The number of nitrogens with zero attached hydrogens (tertiary/aromatic N) is 4. The van der Waals surface area contributed by atoms with Crippen molar-refractivity contribution >= 4 is 43.7 Å². The molecule has 1 aliphatic rings. The molecule has 0 amide bonds. The number of para-hydroxylation sites is 2. The maximum atomic E-state index is 6.68. The Labute approximate surface area is 376 Å². The Balaban J connectivity index is 0.999. The van der Waals surface area contributed by atoms with Crippen LogP contribution in [0.25, 0.3) is 117 Å². The zero-order chi connectivity index (χ0) is 43.2. The van der Waals surface area contributed by atoms with Gasteiger partial charge in [0.1, 0.15) is 11.2 Å². The lowest BCUT2D eigenvalue weighted by Gasteiger charge is -2.21. The third kappa shape index (κ3) is 5.82. The van der Waals surface area contributed by atoms with E-state index in [1.165, 1.54) is 33.4 Å². The summed E-state index contributed by atoms with van der Waals surface area (Å²) in [7, 11) is 0. The van der Waals surface area contributed by atoms with Gasteiger partial charge in [0.05, 0.1) is 11.0 Å². The molecule has 12 aromatic rings. The number of benzene rings is 9. The van der Waals surface area contributed by atoms with Crippen molar-refractivity contribution in [3.05, 3.63) is 217 Å². The van der Waals surface area contributed by atoms with E-state index in [9.17, 15) is 0 Å². The molecule has 0 saturated heterocycles. The van der Waals surface area contributed by atoms with Gasteiger partial charge < -0.3 is 8.98 Å². The van der Waals surface area contributed by atoms with E-state index in [4.69, 9.17) is 19.4 Å². The van der Waals surface area contributed by atoms with Crippen LogP contribution >= 0.6 is 0 Å². The number of hydrogen-bond acceptors (Lipinski definition) is 4. The molecule has 0 saturated carbocycles. The number of rotatable bonds is 6. The molecule has 0 unspecified atom stereocenters. The fraction of sp³-hybridized carbons (Fsp3) is 0.0500. The Morgan fingerprint density at radius 2 is 0.954 bits per heavy atom. The van der Waals surface area contributed by atoms with E-state index in [2.05, 4.69) is 219 Å². The fourth-order valence-corrected chi connectivity index (χ4v) is 10.4. The molecular formula is C60H40N4O. The van der Waals surface area contributed by atoms with Gasteiger partial charge in [-0.05, 0) is 93.0 Å². The van der Waals surface area contributed by atoms with E-state index in [-0.39, 0.29) is 5.41 Å². The van der Waals surface area contributed by atoms with Crippen LogP contribution in [0.15, 0.2) is 211 Å². The zero-order valence-electron chi connectivity index (χ0n) is 35.8. The molecule has 9 aromatic carbocycles. The van der Waals surface area contributed by atoms with Gasteiger partial charge in [-0.3, -0.25) is 0 Å². The molecule has 306 valence electrons. The predicted octanol–water partition coefficient (Wildman–Crippen LogP) is 15.5. The van der Waals surface area contributed by atoms with Crippen LogP contribution in [-0.2, 0) is 5.41 Å². The van der Waals surface area contributed by atoms with Crippen molar-refractivity contribution in [2.24, 2.45) is 0 Å². The summed E-state index contributed by atoms with van der Waals surface area (Å²) in [4.78, 5) is 16.0. The van der Waals surface area contributed by atoms with Crippen molar-refractivity contribution in [2.75, 3.05) is 0 Å². The maximum absolute atomic E-state index is 6.68. The average Bonchev–Trinajstić information content (AvgIpc) is 3.99. The van der Waals surface area contributed by atoms with Crippen LogP contribution in [0.4, 0.5) is 0 Å². The maximum Gasteiger partial charge on any atom is 0.164 e. The minimum absolute atomic E-state index is 0.115. The Kier molecular flexibility index (Phi) is 8.18. The molecule has 1 aliphatic carbocycles. The van der Waals surface area contributed by atoms with Crippen molar-refractivity contribution in [1.82, 2.24) is 19.5 Å². The van der Waals surface area contributed by atoms with E-state index in [1.807, 2.05) is 6.07 Å². The highest BCUT2D eigenvalue weighted by molar-refractivity contribution is 6.16. The van der Waals surface area contributed by atoms with Crippen LogP contribution in [0.1, 0.15) is 25.0 Å². The van der Waals surface area contributed by atoms with Gasteiger partial charge in [-0.15, -0.1) is 0 Å². The topological polar surface area (TPSA) is 56.7 Å². The quantitative estimate of drug-likeness (QED) is 0.167. The second kappa shape index (κ2) is 14.3. The Hall–Kier alpha value is -8.41. The third-order valence-electron chi connectivity index (χ3n) is 13.5. The Bertz CT molecular complexity index is 3840. The van der Waals surface area contributed by atoms with Gasteiger partial charge in [0.15, 0.2) is 17.5 Å². The lowest BCUT2D eigenvalue weighted by molar-refractivity contribution is 0.660. The highest BCUT2D eigenvalue weighted by Gasteiger charge is 2.35. The van der Waals surface area contributed by atoms with Gasteiger partial charge in [-0.25, -0.2) is 15.0 Å². The molecule has 0 aliphatic heterocycles. The summed E-state index contributed by atoms with van der Waals surface area (Å²) < 4.78 is 9.01. The predicted molar refractivity (Wildman–Crippen MR) is 266 cm³/mol. The van der Waals surface area contributed by atoms with Crippen LogP contribution in [0.5, 0.6) is 0 Å². The van der Waals surface area contributed by atoms with E-state index in [1.54, 1.807) is 0 Å². The molecular weight excluding hydrogens is 793 g/mol. The lowest BCUT2D eigenvalue weighted by Crippen LogP contribution is -2.14. The number of hydrogen-bond donors (Lipinski definition) is 0. The third-order valence-corrected chi connectivity index (χ3v) is 13.5. The smallest absolute Gasteiger partial charge is 0.164 e. The fourth-order valence-electron chi connectivity index (χ4n) is 10.4. The molecule has 65 heavy (non-hydrogen) atoms. The average molecular weight is 833 g/mol. The first-order valence-corrected chi connectivity index (χ1v) is 22.2. The SMILES string of the molecule is CC1(C)c2ccccc2-c2cc(-c3nc(-c4ccc5c(c4)oc4cccc(-c6ccc(-c7ccccc7)cc6)c45)nc(-c4cccc5c4c4ccccc4n5-c4ccccc4)n3)ccc21. The molecule has 3 aromatic heterocycles. The van der Waals surface area contributed by atoms with Gasteiger partial charge in [-0.2, -0.15) is 0 Å². The second-order valence-electron chi connectivity index (χ2n) is 17.6. The van der Waals surface area contributed by atoms with Gasteiger partial charge >= 0.3 is 0 Å². The van der Waals surface area contributed by atoms with Crippen molar-refractivity contribution < 1.29 is 4.42 Å². The number of fused-ring (bicyclic) bond motifs is 9. The van der Waals surface area contributed by atoms with Gasteiger partial charge in [0.2, 0.25) is 0 Å². The first-order valence-electron chi connectivity index (χ1n) is 22.2. The molecule has 0 bridgehead atoms. The van der Waals surface area contributed by atoms with Crippen LogP contribution < -0.4 is 0 Å². The normalized spacial score (nSPS) is 12.9. The number of aromatic nitrogens is 4. The van der Waals surface area contributed by atoms with E-state index < -0.39 is 0 Å². The highest BCUT2D eigenvalue weighted by Crippen LogP contribution is 2.50. The van der Waals surface area contributed by atoms with Gasteiger partial charge in [-0.1, -0.05) is 172 Å². The summed E-state index contributed by atoms with van der Waals surface area (Å²) in [6.45, 7) is 4.61. The standard InChI is InChI=1S/C60H40N4O/c1-60(2)49-23-11-9-19-44(49)48-35-40(32-34-50(48)60)57-61-58(63-59(62-57)47-22-13-25-52-55(47)45-20-10-12-24-51(45)64(52)42-17-7-4-8-18-42)41-31-33-46-54(36-41)65-53-26-14-21-43(56(46)53)39-29-27-38(28-30-39)37-15-5-3-6-16-37/h3-36H,1-2H3. The van der Waals surface area contributed by atoms with E-state index in [0.717, 1.165) is 77.2 Å². The van der Waals surface area contributed by atoms with Crippen LogP contribution in [0.2, 0.25) is 0 Å². The minimum Gasteiger partial charge on any atom is -0.456 e. The van der Waals surface area contributed by atoms with Crippen molar-refractivity contribution in [3.8, 4) is 73.2 Å². The molecule has 0 atom stereocenters. The van der Waals surface area contributed by atoms with Crippen molar-refractivity contribution in [3.63, 3.8) is 0 Å². The van der Waals surface area contributed by atoms with Crippen molar-refractivity contribution in [2.45, 2.75) is 19.3 Å². The second-order valence-corrected chi connectivity index (χ2v) is 17.6. The molecule has 5 heteroatoms. The van der Waals surface area contributed by atoms with E-state index in [0.29, 0.717) is 17.5 Å². The summed E-state index contributed by atoms with van der Waals surface area (Å²) in [5.41, 5.74) is 17.3. The summed E-state index contributed by atoms with van der Waals surface area (Å²) in [6.07, 6.45) is 0. The Morgan fingerprint density at radius 1 is 0.369 bits per heavy atom. The lowest BCUT2D eigenvalue weighted by atomic mass is 9.82. The van der Waals surface area contributed by atoms with Crippen LogP contribution in [-0.4, -0.2) is 19.5 Å². The monoisotopic (exact) mass is 832 g/mol. The highest BCUT2D eigenvalue weighted by atomic mass is 16.3. The molecule has 0 fully saturated rings. The largest absolute Gasteiger partial charge is 0.456 e. The summed E-state index contributed by atoms with van der Waals surface area (Å²) in [5, 5.41) is 4.36. The molecule has 0 N–H and O–H groups in total. The molecule has 0 spiro atoms. The molecule has 3 heterocycles. The zero-order valence-corrected chi connectivity index (χ0v) is 35.8. The summed E-state index contributed by atoms with van der Waals surface area (Å²) >= 11 is 0. The minimum atomic E-state index is -0.115. The summed E-state index contributed by atoms with van der Waals surface area (Å²) in [5.74, 6) is 1.80. The first kappa shape index (κ1) is 37.2. The van der Waals surface area contributed by atoms with Crippen molar-refractivity contribution in [1.29, 1.82) is 0 Å². The molecule has 5 nitrogen and oxygen atoms in total. The van der Waals surface area contributed by atoms with Crippen LogP contribution in [0.3, 0.4) is 0 Å². The van der Waals surface area contributed by atoms with Crippen LogP contribution in [0, 0.1) is 0 Å². The van der Waals surface area contributed by atoms with Gasteiger partial charge in [0.25, 0.3) is 0 Å². The first-order chi connectivity index (χ1) is 32.0. The Morgan fingerprint density at radius 3 is 1.78 bits per heavy atom.